The molecular weight excluding hydrogens is 286 g/mol. The first-order valence-electron chi connectivity index (χ1n) is 6.81. The third-order valence-electron chi connectivity index (χ3n) is 3.24. The number of aromatic nitrogens is 2. The SMILES string of the molecule is COC(=O)CCNC(=O)Cc1nn(C)c(=O)c2ccccc12. The summed E-state index contributed by atoms with van der Waals surface area (Å²) in [5.41, 5.74) is 0.318. The number of amides is 1. The zero-order valence-electron chi connectivity index (χ0n) is 12.5. The van der Waals surface area contributed by atoms with E-state index < -0.39 is 0 Å². The van der Waals surface area contributed by atoms with Crippen molar-refractivity contribution < 1.29 is 14.3 Å². The number of fused-ring (bicyclic) bond motifs is 1. The van der Waals surface area contributed by atoms with Crippen molar-refractivity contribution in [2.75, 3.05) is 13.7 Å². The molecule has 2 rings (SSSR count). The van der Waals surface area contributed by atoms with Crippen LogP contribution in [-0.2, 0) is 27.8 Å². The lowest BCUT2D eigenvalue weighted by Crippen LogP contribution is -2.29. The highest BCUT2D eigenvalue weighted by atomic mass is 16.5. The first-order chi connectivity index (χ1) is 10.5. The van der Waals surface area contributed by atoms with Gasteiger partial charge in [0.25, 0.3) is 5.56 Å². The van der Waals surface area contributed by atoms with Crippen LogP contribution in [0.5, 0.6) is 0 Å². The van der Waals surface area contributed by atoms with E-state index in [1.807, 2.05) is 0 Å². The van der Waals surface area contributed by atoms with E-state index in [2.05, 4.69) is 15.2 Å². The monoisotopic (exact) mass is 303 g/mol. The zero-order chi connectivity index (χ0) is 16.1. The number of carbonyl (C=O) groups excluding carboxylic acids is 2. The number of hydrogen-bond donors (Lipinski definition) is 1. The Labute approximate surface area is 126 Å². The summed E-state index contributed by atoms with van der Waals surface area (Å²) in [6, 6.07) is 7.03. The summed E-state index contributed by atoms with van der Waals surface area (Å²) >= 11 is 0. The molecule has 0 aliphatic heterocycles. The first-order valence-corrected chi connectivity index (χ1v) is 6.81. The lowest BCUT2D eigenvalue weighted by molar-refractivity contribution is -0.140. The van der Waals surface area contributed by atoms with Gasteiger partial charge < -0.3 is 10.1 Å². The molecule has 0 unspecified atom stereocenters. The van der Waals surface area contributed by atoms with Crippen molar-refractivity contribution >= 4 is 22.6 Å². The smallest absolute Gasteiger partial charge is 0.307 e. The highest BCUT2D eigenvalue weighted by Crippen LogP contribution is 2.13. The number of aryl methyl sites for hydroxylation is 1. The topological polar surface area (TPSA) is 90.3 Å². The zero-order valence-corrected chi connectivity index (χ0v) is 12.5. The van der Waals surface area contributed by atoms with Gasteiger partial charge in [-0.1, -0.05) is 18.2 Å². The largest absolute Gasteiger partial charge is 0.469 e. The Morgan fingerprint density at radius 1 is 1.27 bits per heavy atom. The summed E-state index contributed by atoms with van der Waals surface area (Å²) in [6.45, 7) is 0.204. The van der Waals surface area contributed by atoms with Gasteiger partial charge in [0.1, 0.15) is 0 Å². The number of esters is 1. The number of nitrogens with one attached hydrogen (secondary N) is 1. The number of nitrogens with zero attached hydrogens (tertiary/aromatic N) is 2. The van der Waals surface area contributed by atoms with Crippen molar-refractivity contribution in [1.29, 1.82) is 0 Å². The molecular formula is C15H17N3O4. The molecule has 1 amide bonds. The molecule has 0 fully saturated rings. The Kier molecular flexibility index (Phi) is 4.88. The Balaban J connectivity index is 2.15. The summed E-state index contributed by atoms with van der Waals surface area (Å²) in [4.78, 5) is 34.9. The maximum absolute atomic E-state index is 12.0. The quantitative estimate of drug-likeness (QED) is 0.794. The Bertz CT molecular complexity index is 767. The lowest BCUT2D eigenvalue weighted by atomic mass is 10.1. The van der Waals surface area contributed by atoms with Crippen LogP contribution in [-0.4, -0.2) is 35.3 Å². The fraction of sp³-hybridized carbons (Fsp3) is 0.333. The van der Waals surface area contributed by atoms with Crippen LogP contribution in [0.25, 0.3) is 10.8 Å². The van der Waals surface area contributed by atoms with E-state index in [0.717, 1.165) is 0 Å². The van der Waals surface area contributed by atoms with E-state index in [0.29, 0.717) is 16.5 Å². The van der Waals surface area contributed by atoms with E-state index in [1.54, 1.807) is 31.3 Å². The fourth-order valence-electron chi connectivity index (χ4n) is 2.13. The van der Waals surface area contributed by atoms with Gasteiger partial charge in [0, 0.05) is 19.0 Å². The standard InChI is InChI=1S/C15H17N3O4/c1-18-15(21)11-6-4-3-5-10(11)12(17-18)9-13(19)16-8-7-14(20)22-2/h3-6H,7-9H2,1-2H3,(H,16,19). The second-order valence-electron chi connectivity index (χ2n) is 4.77. The van der Waals surface area contributed by atoms with Gasteiger partial charge in [-0.05, 0) is 6.07 Å². The van der Waals surface area contributed by atoms with Gasteiger partial charge in [-0.3, -0.25) is 14.4 Å². The summed E-state index contributed by atoms with van der Waals surface area (Å²) in [5, 5.41) is 7.97. The number of rotatable bonds is 5. The van der Waals surface area contributed by atoms with Gasteiger partial charge in [0.2, 0.25) is 5.91 Å². The normalized spacial score (nSPS) is 10.5. The van der Waals surface area contributed by atoms with E-state index in [1.165, 1.54) is 11.8 Å². The van der Waals surface area contributed by atoms with Crippen LogP contribution in [0.2, 0.25) is 0 Å². The second kappa shape index (κ2) is 6.84. The number of methoxy groups -OCH3 is 1. The van der Waals surface area contributed by atoms with Gasteiger partial charge in [-0.15, -0.1) is 0 Å². The molecule has 7 nitrogen and oxygen atoms in total. The molecule has 0 saturated heterocycles. The molecule has 0 aliphatic rings. The number of ether oxygens (including phenoxy) is 1. The second-order valence-corrected chi connectivity index (χ2v) is 4.77. The van der Waals surface area contributed by atoms with Crippen LogP contribution >= 0.6 is 0 Å². The molecule has 7 heteroatoms. The van der Waals surface area contributed by atoms with Crippen molar-refractivity contribution in [3.05, 3.63) is 40.3 Å². The molecule has 1 N–H and O–H groups in total. The van der Waals surface area contributed by atoms with E-state index in [4.69, 9.17) is 0 Å². The molecule has 0 aliphatic carbocycles. The molecule has 0 atom stereocenters. The molecule has 0 saturated carbocycles. The molecule has 0 radical (unpaired) electrons. The minimum Gasteiger partial charge on any atom is -0.469 e. The highest BCUT2D eigenvalue weighted by molar-refractivity contribution is 5.88. The van der Waals surface area contributed by atoms with Crippen LogP contribution < -0.4 is 10.9 Å². The minimum atomic E-state index is -0.383. The maximum atomic E-state index is 12.0. The molecule has 1 aromatic heterocycles. The number of benzene rings is 1. The first kappa shape index (κ1) is 15.7. The number of hydrogen-bond acceptors (Lipinski definition) is 5. The van der Waals surface area contributed by atoms with Crippen LogP contribution in [0.4, 0.5) is 0 Å². The average Bonchev–Trinajstić information content (AvgIpc) is 2.52. The molecule has 1 aromatic carbocycles. The summed E-state index contributed by atoms with van der Waals surface area (Å²) < 4.78 is 5.72. The Hall–Kier alpha value is -2.70. The Morgan fingerprint density at radius 3 is 2.64 bits per heavy atom. The van der Waals surface area contributed by atoms with E-state index >= 15 is 0 Å². The molecule has 1 heterocycles. The fourth-order valence-corrected chi connectivity index (χ4v) is 2.13. The van der Waals surface area contributed by atoms with Crippen molar-refractivity contribution in [2.45, 2.75) is 12.8 Å². The maximum Gasteiger partial charge on any atom is 0.307 e. The van der Waals surface area contributed by atoms with Gasteiger partial charge >= 0.3 is 5.97 Å². The third-order valence-corrected chi connectivity index (χ3v) is 3.24. The highest BCUT2D eigenvalue weighted by Gasteiger charge is 2.12. The molecule has 2 aromatic rings. The third kappa shape index (κ3) is 3.49. The van der Waals surface area contributed by atoms with Crippen molar-refractivity contribution in [2.24, 2.45) is 7.05 Å². The van der Waals surface area contributed by atoms with E-state index in [-0.39, 0.29) is 36.8 Å². The van der Waals surface area contributed by atoms with Crippen molar-refractivity contribution in [3.8, 4) is 0 Å². The minimum absolute atomic E-state index is 0.0375. The van der Waals surface area contributed by atoms with Gasteiger partial charge in [-0.25, -0.2) is 4.68 Å². The molecule has 116 valence electrons. The van der Waals surface area contributed by atoms with Crippen molar-refractivity contribution in [1.82, 2.24) is 15.1 Å². The summed E-state index contributed by atoms with van der Waals surface area (Å²) in [5.74, 6) is -0.647. The van der Waals surface area contributed by atoms with Gasteiger partial charge in [0.05, 0.1) is 31.0 Å². The van der Waals surface area contributed by atoms with Crippen LogP contribution in [0, 0.1) is 0 Å². The average molecular weight is 303 g/mol. The molecule has 22 heavy (non-hydrogen) atoms. The Morgan fingerprint density at radius 2 is 1.95 bits per heavy atom. The predicted molar refractivity (Wildman–Crippen MR) is 80.3 cm³/mol. The summed E-state index contributed by atoms with van der Waals surface area (Å²) in [6.07, 6.45) is 0.152. The van der Waals surface area contributed by atoms with E-state index in [9.17, 15) is 14.4 Å². The van der Waals surface area contributed by atoms with Crippen molar-refractivity contribution in [3.63, 3.8) is 0 Å². The van der Waals surface area contributed by atoms with Crippen LogP contribution in [0.3, 0.4) is 0 Å². The van der Waals surface area contributed by atoms with Gasteiger partial charge in [0.15, 0.2) is 0 Å². The molecule has 0 bridgehead atoms. The molecule has 0 spiro atoms. The van der Waals surface area contributed by atoms with Gasteiger partial charge in [-0.2, -0.15) is 5.10 Å². The van der Waals surface area contributed by atoms with Crippen LogP contribution in [0.1, 0.15) is 12.1 Å². The summed E-state index contributed by atoms with van der Waals surface area (Å²) in [7, 11) is 2.85. The van der Waals surface area contributed by atoms with Crippen LogP contribution in [0.15, 0.2) is 29.1 Å². The lowest BCUT2D eigenvalue weighted by Gasteiger charge is -2.08. The predicted octanol–water partition coefficient (Wildman–Crippen LogP) is 0.155. The number of carbonyl (C=O) groups is 2.